The van der Waals surface area contributed by atoms with Gasteiger partial charge in [-0.15, -0.1) is 0 Å². The number of nitrogens with two attached hydrogens (primary N) is 1. The van der Waals surface area contributed by atoms with Gasteiger partial charge in [-0.2, -0.15) is 0 Å². The molecule has 98 valence electrons. The SMILES string of the molecule is NC(=O)C[C@@H]1CN[C@@H](c2c(O)ccc(Cl)c2Cl)C1. The van der Waals surface area contributed by atoms with Crippen LogP contribution < -0.4 is 11.1 Å². The van der Waals surface area contributed by atoms with Crippen molar-refractivity contribution in [3.8, 4) is 5.75 Å². The summed E-state index contributed by atoms with van der Waals surface area (Å²) in [6.07, 6.45) is 1.04. The lowest BCUT2D eigenvalue weighted by molar-refractivity contribution is -0.118. The third-order valence-corrected chi connectivity index (χ3v) is 3.99. The lowest BCUT2D eigenvalue weighted by atomic mass is 9.97. The van der Waals surface area contributed by atoms with Crippen LogP contribution in [0.4, 0.5) is 0 Å². The van der Waals surface area contributed by atoms with Crippen LogP contribution in [0.2, 0.25) is 10.0 Å². The number of phenols is 1. The minimum Gasteiger partial charge on any atom is -0.508 e. The summed E-state index contributed by atoms with van der Waals surface area (Å²) in [5.41, 5.74) is 5.77. The first-order valence-corrected chi connectivity index (χ1v) is 6.43. The van der Waals surface area contributed by atoms with Gasteiger partial charge in [0.1, 0.15) is 5.75 Å². The lowest BCUT2D eigenvalue weighted by Crippen LogP contribution is -2.18. The smallest absolute Gasteiger partial charge is 0.217 e. The predicted octanol–water partition coefficient (Wildman–Crippen LogP) is 2.22. The van der Waals surface area contributed by atoms with Gasteiger partial charge in [0.2, 0.25) is 5.91 Å². The van der Waals surface area contributed by atoms with E-state index in [4.69, 9.17) is 28.9 Å². The number of benzene rings is 1. The zero-order valence-corrected chi connectivity index (χ0v) is 11.1. The van der Waals surface area contributed by atoms with Crippen LogP contribution in [0, 0.1) is 5.92 Å². The van der Waals surface area contributed by atoms with E-state index in [1.807, 2.05) is 0 Å². The number of carbonyl (C=O) groups is 1. The van der Waals surface area contributed by atoms with Gasteiger partial charge >= 0.3 is 0 Å². The van der Waals surface area contributed by atoms with E-state index >= 15 is 0 Å². The highest BCUT2D eigenvalue weighted by atomic mass is 35.5. The monoisotopic (exact) mass is 288 g/mol. The molecule has 0 saturated carbocycles. The molecule has 0 unspecified atom stereocenters. The molecule has 6 heteroatoms. The number of halogens is 2. The summed E-state index contributed by atoms with van der Waals surface area (Å²) in [7, 11) is 0. The number of aromatic hydroxyl groups is 1. The van der Waals surface area contributed by atoms with Crippen molar-refractivity contribution in [2.45, 2.75) is 18.9 Å². The van der Waals surface area contributed by atoms with E-state index in [-0.39, 0.29) is 23.6 Å². The van der Waals surface area contributed by atoms with E-state index in [0.717, 1.165) is 0 Å². The van der Waals surface area contributed by atoms with Crippen LogP contribution in [0.1, 0.15) is 24.4 Å². The standard InChI is InChI=1S/C12H14Cl2N2O2/c13-7-1-2-9(17)11(12(7)14)8-3-6(5-16-8)4-10(15)18/h1-2,6,8,16-17H,3-5H2,(H2,15,18)/t6-,8-/m1/s1. The number of nitrogens with one attached hydrogen (secondary N) is 1. The van der Waals surface area contributed by atoms with Crippen molar-refractivity contribution in [2.75, 3.05) is 6.54 Å². The Hall–Kier alpha value is -0.970. The first-order valence-electron chi connectivity index (χ1n) is 5.67. The van der Waals surface area contributed by atoms with Crippen molar-refractivity contribution >= 4 is 29.1 Å². The van der Waals surface area contributed by atoms with Crippen molar-refractivity contribution in [3.63, 3.8) is 0 Å². The Bertz CT molecular complexity index is 479. The third-order valence-electron chi connectivity index (χ3n) is 3.17. The molecule has 4 nitrogen and oxygen atoms in total. The van der Waals surface area contributed by atoms with Gasteiger partial charge in [0.05, 0.1) is 10.0 Å². The Kier molecular flexibility index (Phi) is 4.00. The molecule has 1 aromatic carbocycles. The highest BCUT2D eigenvalue weighted by molar-refractivity contribution is 6.42. The Balaban J connectivity index is 2.19. The molecule has 1 fully saturated rings. The van der Waals surface area contributed by atoms with Gasteiger partial charge in [-0.25, -0.2) is 0 Å². The molecule has 1 heterocycles. The molecule has 18 heavy (non-hydrogen) atoms. The first-order chi connectivity index (χ1) is 8.49. The topological polar surface area (TPSA) is 75.4 Å². The Labute approximate surface area is 115 Å². The molecular weight excluding hydrogens is 275 g/mol. The molecule has 0 spiro atoms. The van der Waals surface area contributed by atoms with Crippen LogP contribution in [0.5, 0.6) is 5.75 Å². The number of phenolic OH excluding ortho intramolecular Hbond substituents is 1. The second kappa shape index (κ2) is 5.34. The van der Waals surface area contributed by atoms with Gasteiger partial charge in [0.15, 0.2) is 0 Å². The number of amides is 1. The minimum absolute atomic E-state index is 0.0967. The molecule has 0 aliphatic carbocycles. The molecule has 2 rings (SSSR count). The average Bonchev–Trinajstić information content (AvgIpc) is 2.71. The molecule has 1 aromatic rings. The van der Waals surface area contributed by atoms with Crippen molar-refractivity contribution in [1.29, 1.82) is 0 Å². The number of carbonyl (C=O) groups excluding carboxylic acids is 1. The van der Waals surface area contributed by atoms with Crippen molar-refractivity contribution in [1.82, 2.24) is 5.32 Å². The van der Waals surface area contributed by atoms with Gasteiger partial charge in [-0.1, -0.05) is 23.2 Å². The molecule has 1 saturated heterocycles. The molecule has 1 amide bonds. The van der Waals surface area contributed by atoms with Gasteiger partial charge < -0.3 is 16.2 Å². The van der Waals surface area contributed by atoms with Crippen molar-refractivity contribution in [3.05, 3.63) is 27.7 Å². The van der Waals surface area contributed by atoms with Crippen LogP contribution in [0.25, 0.3) is 0 Å². The number of hydrogen-bond acceptors (Lipinski definition) is 3. The zero-order chi connectivity index (χ0) is 13.3. The van der Waals surface area contributed by atoms with Crippen LogP contribution in [0.15, 0.2) is 12.1 Å². The fourth-order valence-electron chi connectivity index (χ4n) is 2.36. The molecule has 2 atom stereocenters. The van der Waals surface area contributed by atoms with Gasteiger partial charge in [-0.05, 0) is 31.0 Å². The van der Waals surface area contributed by atoms with Crippen LogP contribution in [0.3, 0.4) is 0 Å². The van der Waals surface area contributed by atoms with Gasteiger partial charge in [0.25, 0.3) is 0 Å². The molecule has 0 bridgehead atoms. The van der Waals surface area contributed by atoms with Crippen LogP contribution in [-0.4, -0.2) is 17.6 Å². The fourth-order valence-corrected chi connectivity index (χ4v) is 2.81. The molecule has 0 radical (unpaired) electrons. The summed E-state index contributed by atoms with van der Waals surface area (Å²) in [4.78, 5) is 10.9. The highest BCUT2D eigenvalue weighted by Gasteiger charge is 2.30. The molecule has 0 aromatic heterocycles. The van der Waals surface area contributed by atoms with Crippen molar-refractivity contribution < 1.29 is 9.90 Å². The summed E-state index contributed by atoms with van der Waals surface area (Å²) >= 11 is 12.0. The van der Waals surface area contributed by atoms with E-state index < -0.39 is 0 Å². The quantitative estimate of drug-likeness (QED) is 0.798. The van der Waals surface area contributed by atoms with E-state index in [1.165, 1.54) is 6.07 Å². The third kappa shape index (κ3) is 2.71. The zero-order valence-electron chi connectivity index (χ0n) is 9.62. The van der Waals surface area contributed by atoms with E-state index in [0.29, 0.717) is 35.0 Å². The van der Waals surface area contributed by atoms with Gasteiger partial charge in [-0.3, -0.25) is 4.79 Å². The fraction of sp³-hybridized carbons (Fsp3) is 0.417. The van der Waals surface area contributed by atoms with Crippen LogP contribution >= 0.6 is 23.2 Å². The van der Waals surface area contributed by atoms with E-state index in [1.54, 1.807) is 6.07 Å². The predicted molar refractivity (Wildman–Crippen MR) is 70.8 cm³/mol. The average molecular weight is 289 g/mol. The van der Waals surface area contributed by atoms with E-state index in [2.05, 4.69) is 5.32 Å². The Morgan fingerprint density at radius 3 is 2.89 bits per heavy atom. The largest absolute Gasteiger partial charge is 0.508 e. The molecule has 1 aliphatic rings. The number of rotatable bonds is 3. The highest BCUT2D eigenvalue weighted by Crippen LogP contribution is 2.41. The molecular formula is C12H14Cl2N2O2. The summed E-state index contributed by atoms with van der Waals surface area (Å²) in [6.45, 7) is 0.676. The maximum Gasteiger partial charge on any atom is 0.217 e. The summed E-state index contributed by atoms with van der Waals surface area (Å²) in [5.74, 6) is -0.0348. The first kappa shape index (κ1) is 13.5. The summed E-state index contributed by atoms with van der Waals surface area (Å²) in [5, 5.41) is 13.9. The van der Waals surface area contributed by atoms with Crippen molar-refractivity contribution in [2.24, 2.45) is 11.7 Å². The maximum absolute atomic E-state index is 10.9. The van der Waals surface area contributed by atoms with Crippen LogP contribution in [-0.2, 0) is 4.79 Å². The second-order valence-electron chi connectivity index (χ2n) is 4.53. The molecule has 4 N–H and O–H groups in total. The minimum atomic E-state index is -0.316. The van der Waals surface area contributed by atoms with Gasteiger partial charge in [0, 0.05) is 18.0 Å². The maximum atomic E-state index is 10.9. The lowest BCUT2D eigenvalue weighted by Gasteiger charge is -2.15. The number of hydrogen-bond donors (Lipinski definition) is 3. The Morgan fingerprint density at radius 2 is 2.22 bits per heavy atom. The Morgan fingerprint density at radius 1 is 1.50 bits per heavy atom. The van der Waals surface area contributed by atoms with E-state index in [9.17, 15) is 9.90 Å². The second-order valence-corrected chi connectivity index (χ2v) is 5.31. The summed E-state index contributed by atoms with van der Waals surface area (Å²) in [6, 6.07) is 2.98. The number of primary amides is 1. The summed E-state index contributed by atoms with van der Waals surface area (Å²) < 4.78 is 0. The molecule has 1 aliphatic heterocycles. The normalized spacial score (nSPS) is 23.2.